The van der Waals surface area contributed by atoms with Crippen molar-refractivity contribution in [3.8, 4) is 22.3 Å². The molecule has 0 aliphatic rings. The van der Waals surface area contributed by atoms with Gasteiger partial charge in [0.25, 0.3) is 23.9 Å². The molecule has 0 saturated carbocycles. The molecule has 4 aromatic carbocycles. The molecule has 4 rings (SSSR count). The highest BCUT2D eigenvalue weighted by Crippen LogP contribution is 2.28. The Bertz CT molecular complexity index is 1870. The number of carbonyl (C=O) groups is 2. The van der Waals surface area contributed by atoms with Gasteiger partial charge in [0.2, 0.25) is 0 Å². The van der Waals surface area contributed by atoms with Crippen LogP contribution in [0.15, 0.2) is 109 Å². The Hall–Kier alpha value is -4.26. The minimum absolute atomic E-state index is 0.0415. The van der Waals surface area contributed by atoms with Gasteiger partial charge in [0.15, 0.2) is 0 Å². The highest BCUT2D eigenvalue weighted by atomic mass is 32.2. The fourth-order valence-corrected chi connectivity index (χ4v) is 7.50. The van der Waals surface area contributed by atoms with Crippen LogP contribution in [0.25, 0.3) is 22.3 Å². The Labute approximate surface area is 346 Å². The van der Waals surface area contributed by atoms with Gasteiger partial charge in [-0.05, 0) is 97.4 Å². The summed E-state index contributed by atoms with van der Waals surface area (Å²) in [6.07, 6.45) is 4.27. The highest BCUT2D eigenvalue weighted by molar-refractivity contribution is 7.85. The fraction of sp³-hybridized carbons (Fsp3) is 0.422. The number of hydrogen-bond acceptors (Lipinski definition) is 10. The van der Waals surface area contributed by atoms with E-state index in [2.05, 4.69) is 60.7 Å². The van der Waals surface area contributed by atoms with Gasteiger partial charge in [-0.2, -0.15) is 8.42 Å². The average Bonchev–Trinajstić information content (AvgIpc) is 3.19. The van der Waals surface area contributed by atoms with Gasteiger partial charge in [0.05, 0.1) is 44.5 Å². The number of rotatable bonds is 22. The molecule has 58 heavy (non-hydrogen) atoms. The second kappa shape index (κ2) is 25.3. The number of aliphatic hydroxyl groups excluding tert-OH is 1. The molecule has 0 amide bonds. The van der Waals surface area contributed by atoms with Crippen molar-refractivity contribution in [1.82, 2.24) is 0 Å². The smallest absolute Gasteiger partial charge is 0.311 e. The molecule has 0 heterocycles. The standard InChI is InChI=1S/C23H31BO6S.C22H29BO4/c1-4-29-23(25)22(17-30-31(3,27)28)15-19(16-24(2)26)14-18-10-12-21(13-11-18)20-8-6-5-7-9-20;1-3-27-22(25)21(16-24)14-18(15-23(2)26)13-17-9-11-20(12-10-17)19-7-5-4-6-8-19/h5-13,19,22,26H,4,14-17H2,1-3H3;4-12,18,21,24,26H,3,13-16H2,1-2H3/t19-,22+;18-,21+/m11/s1. The quantitative estimate of drug-likeness (QED) is 0.0416. The molecule has 0 fully saturated rings. The molecule has 0 spiro atoms. The Morgan fingerprint density at radius 2 is 0.966 bits per heavy atom. The topological polar surface area (TPSA) is 157 Å². The van der Waals surface area contributed by atoms with Crippen molar-refractivity contribution in [2.75, 3.05) is 32.7 Å². The van der Waals surface area contributed by atoms with E-state index in [4.69, 9.17) is 13.7 Å². The van der Waals surface area contributed by atoms with Crippen LogP contribution in [0.4, 0.5) is 0 Å². The van der Waals surface area contributed by atoms with E-state index in [1.165, 1.54) is 5.56 Å². The molecule has 3 N–H and O–H groups in total. The first-order chi connectivity index (χ1) is 27.7. The molecular formula is C45H60B2O10S. The summed E-state index contributed by atoms with van der Waals surface area (Å²) in [4.78, 5) is 24.4. The lowest BCUT2D eigenvalue weighted by molar-refractivity contribution is -0.150. The Morgan fingerprint density at radius 3 is 1.31 bits per heavy atom. The van der Waals surface area contributed by atoms with Crippen molar-refractivity contribution in [2.45, 2.75) is 65.8 Å². The SMILES string of the molecule is CCOC(=O)[C@H](CO)C[C@H](CB(C)O)Cc1ccc(-c2ccccc2)cc1.CCOC(=O)[C@H](COS(C)(=O)=O)C[C@H](CB(C)O)Cc1ccc(-c2ccccc2)cc1. The van der Waals surface area contributed by atoms with Gasteiger partial charge in [-0.1, -0.05) is 123 Å². The van der Waals surface area contributed by atoms with Crippen molar-refractivity contribution in [3.05, 3.63) is 120 Å². The Balaban J connectivity index is 0.000000313. The normalized spacial score (nSPS) is 13.2. The summed E-state index contributed by atoms with van der Waals surface area (Å²) < 4.78 is 37.9. The second-order valence-electron chi connectivity index (χ2n) is 15.0. The maximum Gasteiger partial charge on any atom is 0.311 e. The number of carbonyl (C=O) groups excluding carboxylic acids is 2. The first kappa shape index (κ1) is 48.1. The van der Waals surface area contributed by atoms with Gasteiger partial charge < -0.3 is 24.6 Å². The van der Waals surface area contributed by atoms with Gasteiger partial charge in [0.1, 0.15) is 0 Å². The van der Waals surface area contributed by atoms with Crippen LogP contribution in [0.1, 0.15) is 37.8 Å². The molecule has 312 valence electrons. The van der Waals surface area contributed by atoms with E-state index in [0.29, 0.717) is 38.5 Å². The summed E-state index contributed by atoms with van der Waals surface area (Å²) in [6, 6.07) is 36.9. The molecule has 0 bridgehead atoms. The van der Waals surface area contributed by atoms with Crippen LogP contribution in [0.2, 0.25) is 26.3 Å². The molecule has 0 saturated heterocycles. The van der Waals surface area contributed by atoms with E-state index >= 15 is 0 Å². The minimum atomic E-state index is -3.67. The van der Waals surface area contributed by atoms with Gasteiger partial charge in [-0.3, -0.25) is 13.8 Å². The van der Waals surface area contributed by atoms with E-state index in [1.54, 1.807) is 27.5 Å². The number of ether oxygens (including phenoxy) is 2. The first-order valence-electron chi connectivity index (χ1n) is 20.1. The highest BCUT2D eigenvalue weighted by Gasteiger charge is 2.28. The van der Waals surface area contributed by atoms with Gasteiger partial charge in [0, 0.05) is 0 Å². The third-order valence-electron chi connectivity index (χ3n) is 9.70. The molecule has 0 aliphatic carbocycles. The number of esters is 2. The average molecular weight is 815 g/mol. The summed E-state index contributed by atoms with van der Waals surface area (Å²) in [5.41, 5.74) is 6.81. The molecule has 0 aliphatic heterocycles. The summed E-state index contributed by atoms with van der Waals surface area (Å²) in [5.74, 6) is -2.07. The largest absolute Gasteiger partial charge is 0.466 e. The lowest BCUT2D eigenvalue weighted by atomic mass is 9.62. The van der Waals surface area contributed by atoms with Crippen LogP contribution >= 0.6 is 0 Å². The molecule has 4 aromatic rings. The molecule has 13 heteroatoms. The van der Waals surface area contributed by atoms with Gasteiger partial charge in [-0.25, -0.2) is 0 Å². The Morgan fingerprint density at radius 1 is 0.603 bits per heavy atom. The monoisotopic (exact) mass is 814 g/mol. The van der Waals surface area contributed by atoms with Crippen molar-refractivity contribution in [1.29, 1.82) is 0 Å². The van der Waals surface area contributed by atoms with Crippen LogP contribution in [0, 0.1) is 23.7 Å². The molecule has 10 nitrogen and oxygen atoms in total. The lowest BCUT2D eigenvalue weighted by Gasteiger charge is -2.23. The zero-order chi connectivity index (χ0) is 42.5. The summed E-state index contributed by atoms with van der Waals surface area (Å²) in [5, 5.41) is 29.4. The minimum Gasteiger partial charge on any atom is -0.466 e. The Kier molecular flexibility index (Phi) is 21.0. The summed E-state index contributed by atoms with van der Waals surface area (Å²) in [6.45, 7) is 5.92. The van der Waals surface area contributed by atoms with E-state index in [9.17, 15) is 33.2 Å². The van der Waals surface area contributed by atoms with Gasteiger partial charge in [-0.15, -0.1) is 0 Å². The van der Waals surface area contributed by atoms with Crippen LogP contribution < -0.4 is 0 Å². The molecule has 4 atom stereocenters. The summed E-state index contributed by atoms with van der Waals surface area (Å²) >= 11 is 0. The summed E-state index contributed by atoms with van der Waals surface area (Å²) in [7, 11) is -3.67. The molecule has 0 radical (unpaired) electrons. The van der Waals surface area contributed by atoms with Gasteiger partial charge >= 0.3 is 11.9 Å². The zero-order valence-electron chi connectivity index (χ0n) is 34.5. The molecular weight excluding hydrogens is 754 g/mol. The first-order valence-corrected chi connectivity index (χ1v) is 22.0. The van der Waals surface area contributed by atoms with Crippen molar-refractivity contribution >= 4 is 35.9 Å². The van der Waals surface area contributed by atoms with E-state index in [1.807, 2.05) is 48.5 Å². The fourth-order valence-electron chi connectivity index (χ4n) is 7.09. The van der Waals surface area contributed by atoms with Crippen LogP contribution in [0.5, 0.6) is 0 Å². The van der Waals surface area contributed by atoms with Crippen molar-refractivity contribution in [2.24, 2.45) is 23.7 Å². The zero-order valence-corrected chi connectivity index (χ0v) is 35.4. The predicted molar refractivity (Wildman–Crippen MR) is 233 cm³/mol. The third kappa shape index (κ3) is 18.1. The third-order valence-corrected chi connectivity index (χ3v) is 10.3. The van der Waals surface area contributed by atoms with Crippen molar-refractivity contribution in [3.63, 3.8) is 0 Å². The van der Waals surface area contributed by atoms with Crippen LogP contribution in [-0.4, -0.2) is 82.0 Å². The molecule has 0 aromatic heterocycles. The number of aliphatic hydroxyl groups is 1. The predicted octanol–water partition coefficient (Wildman–Crippen LogP) is 7.36. The van der Waals surface area contributed by atoms with Crippen LogP contribution in [-0.2, 0) is 46.2 Å². The van der Waals surface area contributed by atoms with Crippen molar-refractivity contribution < 1.29 is 46.8 Å². The lowest BCUT2D eigenvalue weighted by Crippen LogP contribution is -2.28. The van der Waals surface area contributed by atoms with E-state index < -0.39 is 41.8 Å². The maximum atomic E-state index is 12.4. The number of benzene rings is 4. The van der Waals surface area contributed by atoms with E-state index in [0.717, 1.165) is 40.5 Å². The van der Waals surface area contributed by atoms with Crippen LogP contribution in [0.3, 0.4) is 0 Å². The number of hydrogen-bond donors (Lipinski definition) is 3. The van der Waals surface area contributed by atoms with E-state index in [-0.39, 0.29) is 37.6 Å². The molecule has 0 unspecified atom stereocenters. The maximum absolute atomic E-state index is 12.4. The second-order valence-corrected chi connectivity index (χ2v) is 16.6.